The van der Waals surface area contributed by atoms with E-state index in [2.05, 4.69) is 15.9 Å². The van der Waals surface area contributed by atoms with Gasteiger partial charge in [0.25, 0.3) is 5.91 Å². The van der Waals surface area contributed by atoms with Crippen molar-refractivity contribution in [2.45, 2.75) is 6.54 Å². The lowest BCUT2D eigenvalue weighted by atomic mass is 10.3. The maximum Gasteiger partial charge on any atom is 0.327 e. The lowest BCUT2D eigenvalue weighted by Gasteiger charge is -2.13. The van der Waals surface area contributed by atoms with Crippen molar-refractivity contribution in [1.29, 1.82) is 0 Å². The fraction of sp³-hybridized carbons (Fsp3) is 0.333. The molecular weight excluding hydrogens is 280 g/mol. The maximum atomic E-state index is 11.6. The zero-order chi connectivity index (χ0) is 11.0. The van der Waals surface area contributed by atoms with Crippen LogP contribution in [0.1, 0.15) is 5.56 Å². The van der Waals surface area contributed by atoms with Crippen LogP contribution in [0.2, 0.25) is 0 Å². The number of urea groups is 1. The number of imide groups is 1. The van der Waals surface area contributed by atoms with Crippen LogP contribution in [-0.2, 0) is 11.3 Å². The van der Waals surface area contributed by atoms with E-state index in [9.17, 15) is 9.59 Å². The number of halogens is 1. The van der Waals surface area contributed by atoms with E-state index >= 15 is 0 Å². The van der Waals surface area contributed by atoms with E-state index in [-0.39, 0.29) is 18.5 Å². The van der Waals surface area contributed by atoms with E-state index in [1.165, 1.54) is 9.80 Å². The minimum atomic E-state index is -0.224. The van der Waals surface area contributed by atoms with Gasteiger partial charge in [0, 0.05) is 7.05 Å². The van der Waals surface area contributed by atoms with Gasteiger partial charge < -0.3 is 4.90 Å². The molecule has 4 nitrogen and oxygen atoms in total. The van der Waals surface area contributed by atoms with Crippen LogP contribution in [0.15, 0.2) is 15.2 Å². The molecule has 80 valence electrons. The second-order valence-corrected chi connectivity index (χ2v) is 5.57. The van der Waals surface area contributed by atoms with E-state index in [0.717, 1.165) is 9.35 Å². The minimum Gasteiger partial charge on any atom is -0.318 e. The molecule has 2 rings (SSSR count). The van der Waals surface area contributed by atoms with Crippen molar-refractivity contribution in [1.82, 2.24) is 9.80 Å². The second kappa shape index (κ2) is 3.94. The topological polar surface area (TPSA) is 40.6 Å². The van der Waals surface area contributed by atoms with E-state index in [1.54, 1.807) is 18.4 Å². The molecule has 1 aromatic heterocycles. The smallest absolute Gasteiger partial charge is 0.318 e. The van der Waals surface area contributed by atoms with Gasteiger partial charge in [0.05, 0.1) is 10.3 Å². The Morgan fingerprint density at radius 3 is 2.73 bits per heavy atom. The summed E-state index contributed by atoms with van der Waals surface area (Å²) in [7, 11) is 1.63. The van der Waals surface area contributed by atoms with Crippen molar-refractivity contribution in [2.75, 3.05) is 13.6 Å². The van der Waals surface area contributed by atoms with Crippen LogP contribution < -0.4 is 0 Å². The van der Waals surface area contributed by atoms with Gasteiger partial charge in [-0.05, 0) is 32.9 Å². The van der Waals surface area contributed by atoms with Crippen LogP contribution in [0.25, 0.3) is 0 Å². The standard InChI is InChI=1S/C9H9BrN2O2S/c1-11-5-7(13)12(9(11)14)4-6-2-3-15-8(6)10/h2-3H,4-5H2,1H3. The highest BCUT2D eigenvalue weighted by Gasteiger charge is 2.33. The first kappa shape index (κ1) is 10.6. The van der Waals surface area contributed by atoms with Gasteiger partial charge in [0.1, 0.15) is 6.54 Å². The van der Waals surface area contributed by atoms with E-state index in [0.29, 0.717) is 6.54 Å². The van der Waals surface area contributed by atoms with Crippen LogP contribution >= 0.6 is 27.3 Å². The molecule has 1 saturated heterocycles. The maximum absolute atomic E-state index is 11.6. The largest absolute Gasteiger partial charge is 0.327 e. The second-order valence-electron chi connectivity index (χ2n) is 3.34. The lowest BCUT2D eigenvalue weighted by Crippen LogP contribution is -2.30. The highest BCUT2D eigenvalue weighted by Crippen LogP contribution is 2.25. The van der Waals surface area contributed by atoms with Crippen molar-refractivity contribution >= 4 is 39.2 Å². The predicted octanol–water partition coefficient (Wildman–Crippen LogP) is 1.90. The van der Waals surface area contributed by atoms with E-state index in [1.807, 2.05) is 11.4 Å². The summed E-state index contributed by atoms with van der Waals surface area (Å²) in [5.41, 5.74) is 0.969. The number of nitrogens with zero attached hydrogens (tertiary/aromatic N) is 2. The Kier molecular flexibility index (Phi) is 2.79. The fourth-order valence-electron chi connectivity index (χ4n) is 1.43. The quantitative estimate of drug-likeness (QED) is 0.780. The Hall–Kier alpha value is -0.880. The number of hydrogen-bond donors (Lipinski definition) is 0. The zero-order valence-corrected chi connectivity index (χ0v) is 10.5. The van der Waals surface area contributed by atoms with Crippen LogP contribution in [0.5, 0.6) is 0 Å². The van der Waals surface area contributed by atoms with Crippen molar-refractivity contribution in [3.8, 4) is 0 Å². The number of likely N-dealkylation sites (N-methyl/N-ethyl adjacent to an activating group) is 1. The molecule has 0 saturated carbocycles. The van der Waals surface area contributed by atoms with Gasteiger partial charge in [-0.25, -0.2) is 4.79 Å². The Morgan fingerprint density at radius 1 is 1.53 bits per heavy atom. The minimum absolute atomic E-state index is 0.138. The van der Waals surface area contributed by atoms with Gasteiger partial charge in [0.15, 0.2) is 0 Å². The third-order valence-electron chi connectivity index (χ3n) is 2.25. The van der Waals surface area contributed by atoms with Crippen molar-refractivity contribution < 1.29 is 9.59 Å². The Balaban J connectivity index is 2.16. The molecule has 0 bridgehead atoms. The molecule has 2 heterocycles. The molecule has 1 fully saturated rings. The number of amides is 3. The summed E-state index contributed by atoms with van der Waals surface area (Å²) in [5, 5.41) is 1.92. The number of carbonyl (C=O) groups is 2. The molecule has 6 heteroatoms. The molecule has 0 unspecified atom stereocenters. The summed E-state index contributed by atoms with van der Waals surface area (Å²) in [6, 6.07) is 1.69. The van der Waals surface area contributed by atoms with Gasteiger partial charge in [-0.3, -0.25) is 9.69 Å². The molecule has 3 amide bonds. The summed E-state index contributed by atoms with van der Waals surface area (Å²) in [4.78, 5) is 25.7. The Morgan fingerprint density at radius 2 is 2.27 bits per heavy atom. The third-order valence-corrected chi connectivity index (χ3v) is 4.06. The first-order valence-electron chi connectivity index (χ1n) is 4.37. The summed E-state index contributed by atoms with van der Waals surface area (Å²) in [5.74, 6) is -0.138. The number of hydrogen-bond acceptors (Lipinski definition) is 3. The fourth-order valence-corrected chi connectivity index (χ4v) is 2.64. The van der Waals surface area contributed by atoms with Gasteiger partial charge in [-0.1, -0.05) is 0 Å². The van der Waals surface area contributed by atoms with Crippen LogP contribution in [0.3, 0.4) is 0 Å². The molecule has 0 radical (unpaired) electrons. The van der Waals surface area contributed by atoms with Crippen LogP contribution in [0, 0.1) is 0 Å². The monoisotopic (exact) mass is 288 g/mol. The zero-order valence-electron chi connectivity index (χ0n) is 8.07. The summed E-state index contributed by atoms with van der Waals surface area (Å²) in [6.07, 6.45) is 0. The first-order valence-corrected chi connectivity index (χ1v) is 6.04. The molecule has 0 aromatic carbocycles. The average Bonchev–Trinajstić information content (AvgIpc) is 2.67. The number of thiophene rings is 1. The highest BCUT2D eigenvalue weighted by molar-refractivity contribution is 9.11. The summed E-state index contributed by atoms with van der Waals surface area (Å²) in [6.45, 7) is 0.534. The van der Waals surface area contributed by atoms with Crippen molar-refractivity contribution in [2.24, 2.45) is 0 Å². The highest BCUT2D eigenvalue weighted by atomic mass is 79.9. The molecule has 0 spiro atoms. The van der Waals surface area contributed by atoms with Gasteiger partial charge in [-0.2, -0.15) is 0 Å². The Bertz CT molecular complexity index is 418. The first-order chi connectivity index (χ1) is 7.09. The molecule has 1 aliphatic heterocycles. The van der Waals surface area contributed by atoms with Crippen LogP contribution in [-0.4, -0.2) is 35.3 Å². The molecular formula is C9H9BrN2O2S. The summed E-state index contributed by atoms with van der Waals surface area (Å²) >= 11 is 4.93. The van der Waals surface area contributed by atoms with Gasteiger partial charge in [0.2, 0.25) is 0 Å². The van der Waals surface area contributed by atoms with E-state index in [4.69, 9.17) is 0 Å². The van der Waals surface area contributed by atoms with E-state index < -0.39 is 0 Å². The third kappa shape index (κ3) is 1.91. The molecule has 15 heavy (non-hydrogen) atoms. The molecule has 0 atom stereocenters. The Labute approximate surface area is 99.6 Å². The molecule has 0 N–H and O–H groups in total. The van der Waals surface area contributed by atoms with Gasteiger partial charge in [-0.15, -0.1) is 11.3 Å². The molecule has 1 aliphatic rings. The van der Waals surface area contributed by atoms with Crippen molar-refractivity contribution in [3.05, 3.63) is 20.8 Å². The van der Waals surface area contributed by atoms with Crippen LogP contribution in [0.4, 0.5) is 4.79 Å². The van der Waals surface area contributed by atoms with Gasteiger partial charge >= 0.3 is 6.03 Å². The lowest BCUT2D eigenvalue weighted by molar-refractivity contribution is -0.125. The van der Waals surface area contributed by atoms with Crippen molar-refractivity contribution in [3.63, 3.8) is 0 Å². The number of rotatable bonds is 2. The SMILES string of the molecule is CN1CC(=O)N(Cc2ccsc2Br)C1=O. The normalized spacial score (nSPS) is 16.7. The molecule has 0 aliphatic carbocycles. The number of carbonyl (C=O) groups excluding carboxylic acids is 2. The average molecular weight is 289 g/mol. The predicted molar refractivity (Wildman–Crippen MR) is 60.6 cm³/mol. The summed E-state index contributed by atoms with van der Waals surface area (Å²) < 4.78 is 0.970. The molecule has 1 aromatic rings.